The van der Waals surface area contributed by atoms with Gasteiger partial charge in [-0.1, -0.05) is 18.7 Å². The molecule has 0 aromatic carbocycles. The molecular formula is C12H19N3O2S2. The maximum Gasteiger partial charge on any atom is 0.313 e. The topological polar surface area (TPSA) is 68.0 Å². The highest BCUT2D eigenvalue weighted by atomic mass is 32.2. The quantitative estimate of drug-likeness (QED) is 0.745. The summed E-state index contributed by atoms with van der Waals surface area (Å²) in [6, 6.07) is 0.358. The first-order valence-electron chi connectivity index (χ1n) is 6.45. The summed E-state index contributed by atoms with van der Waals surface area (Å²) in [5, 5.41) is 18.1. The summed E-state index contributed by atoms with van der Waals surface area (Å²) in [4.78, 5) is 10.7. The first kappa shape index (κ1) is 14.7. The third-order valence-corrected chi connectivity index (χ3v) is 4.80. The molecule has 2 rings (SSSR count). The van der Waals surface area contributed by atoms with E-state index in [0.29, 0.717) is 12.0 Å². The lowest BCUT2D eigenvalue weighted by Crippen LogP contribution is -2.15. The number of carboxylic acids is 1. The zero-order valence-electron chi connectivity index (χ0n) is 11.2. The van der Waals surface area contributed by atoms with E-state index in [0.717, 1.165) is 23.2 Å². The van der Waals surface area contributed by atoms with Gasteiger partial charge in [0.25, 0.3) is 0 Å². The van der Waals surface area contributed by atoms with Gasteiger partial charge in [-0.2, -0.15) is 11.8 Å². The largest absolute Gasteiger partial charge is 0.481 e. The van der Waals surface area contributed by atoms with Gasteiger partial charge in [0, 0.05) is 17.7 Å². The summed E-state index contributed by atoms with van der Waals surface area (Å²) in [7, 11) is 0. The average molecular weight is 301 g/mol. The van der Waals surface area contributed by atoms with Crippen molar-refractivity contribution in [2.24, 2.45) is 0 Å². The van der Waals surface area contributed by atoms with Crippen LogP contribution in [0, 0.1) is 0 Å². The monoisotopic (exact) mass is 301 g/mol. The van der Waals surface area contributed by atoms with Crippen molar-refractivity contribution >= 4 is 29.5 Å². The van der Waals surface area contributed by atoms with E-state index in [1.54, 1.807) is 11.8 Å². The molecule has 5 nitrogen and oxygen atoms in total. The van der Waals surface area contributed by atoms with Crippen molar-refractivity contribution in [2.75, 3.05) is 17.8 Å². The lowest BCUT2D eigenvalue weighted by molar-refractivity contribution is -0.133. The molecule has 0 radical (unpaired) electrons. The smallest absolute Gasteiger partial charge is 0.313 e. The molecule has 19 heavy (non-hydrogen) atoms. The molecule has 1 heterocycles. The summed E-state index contributed by atoms with van der Waals surface area (Å²) in [5.74, 6) is 1.81. The summed E-state index contributed by atoms with van der Waals surface area (Å²) in [6.45, 7) is 2.16. The van der Waals surface area contributed by atoms with Crippen LogP contribution in [0.15, 0.2) is 5.16 Å². The molecule has 1 saturated carbocycles. The van der Waals surface area contributed by atoms with Gasteiger partial charge in [0.15, 0.2) is 5.16 Å². The van der Waals surface area contributed by atoms with Crippen molar-refractivity contribution in [3.63, 3.8) is 0 Å². The zero-order valence-corrected chi connectivity index (χ0v) is 12.8. The number of carboxylic acid groups (broad SMARTS) is 1. The molecule has 1 unspecified atom stereocenters. The third-order valence-electron chi connectivity index (χ3n) is 3.15. The predicted molar refractivity (Wildman–Crippen MR) is 78.1 cm³/mol. The van der Waals surface area contributed by atoms with Gasteiger partial charge in [-0.25, -0.2) is 0 Å². The summed E-state index contributed by atoms with van der Waals surface area (Å²) < 4.78 is 2.18. The van der Waals surface area contributed by atoms with Crippen LogP contribution in [0.25, 0.3) is 0 Å². The normalized spacial score (nSPS) is 16.5. The molecule has 1 aromatic heterocycles. The molecule has 1 aliphatic carbocycles. The molecule has 0 aliphatic heterocycles. The van der Waals surface area contributed by atoms with E-state index < -0.39 is 5.97 Å². The van der Waals surface area contributed by atoms with Gasteiger partial charge in [-0.3, -0.25) is 4.79 Å². The van der Waals surface area contributed by atoms with Crippen LogP contribution in [0.1, 0.15) is 44.0 Å². The van der Waals surface area contributed by atoms with E-state index in [1.165, 1.54) is 24.6 Å². The van der Waals surface area contributed by atoms with Gasteiger partial charge in [-0.15, -0.1) is 10.2 Å². The second-order valence-electron chi connectivity index (χ2n) is 4.68. The van der Waals surface area contributed by atoms with Gasteiger partial charge < -0.3 is 9.67 Å². The maximum atomic E-state index is 10.7. The standard InChI is InChI=1S/C12H19N3O2S2/c1-3-9(6-18-2)15-11(8-4-5-8)13-14-12(15)19-7-10(16)17/h8-9H,3-7H2,1-2H3,(H,16,17). The Morgan fingerprint density at radius 3 is 2.79 bits per heavy atom. The molecule has 106 valence electrons. The average Bonchev–Trinajstić information content (AvgIpc) is 3.14. The van der Waals surface area contributed by atoms with Gasteiger partial charge in [0.2, 0.25) is 0 Å². The van der Waals surface area contributed by atoms with Crippen molar-refractivity contribution in [3.8, 4) is 0 Å². The molecule has 1 N–H and O–H groups in total. The highest BCUT2D eigenvalue weighted by molar-refractivity contribution is 7.99. The second kappa shape index (κ2) is 6.65. The molecule has 1 aromatic rings. The van der Waals surface area contributed by atoms with Crippen LogP contribution < -0.4 is 0 Å². The number of aliphatic carboxylic acids is 1. The fourth-order valence-electron chi connectivity index (χ4n) is 2.04. The van der Waals surface area contributed by atoms with E-state index in [-0.39, 0.29) is 5.75 Å². The number of hydrogen-bond donors (Lipinski definition) is 1. The van der Waals surface area contributed by atoms with Crippen molar-refractivity contribution in [1.29, 1.82) is 0 Å². The van der Waals surface area contributed by atoms with Crippen molar-refractivity contribution in [2.45, 2.75) is 43.3 Å². The van der Waals surface area contributed by atoms with Crippen LogP contribution in [-0.2, 0) is 4.79 Å². The summed E-state index contributed by atoms with van der Waals surface area (Å²) in [6.07, 6.45) is 5.46. The van der Waals surface area contributed by atoms with Crippen LogP contribution in [-0.4, -0.2) is 43.6 Å². The Morgan fingerprint density at radius 2 is 2.26 bits per heavy atom. The molecule has 7 heteroatoms. The van der Waals surface area contributed by atoms with Gasteiger partial charge in [0.1, 0.15) is 5.82 Å². The molecule has 1 atom stereocenters. The predicted octanol–water partition coefficient (Wildman–Crippen LogP) is 2.65. The molecule has 0 bridgehead atoms. The van der Waals surface area contributed by atoms with Gasteiger partial charge in [-0.05, 0) is 25.5 Å². The second-order valence-corrected chi connectivity index (χ2v) is 6.54. The molecule has 0 amide bonds. The Balaban J connectivity index is 2.23. The Labute approximate surface area is 121 Å². The van der Waals surface area contributed by atoms with Crippen LogP contribution in [0.5, 0.6) is 0 Å². The van der Waals surface area contributed by atoms with Crippen molar-refractivity contribution in [3.05, 3.63) is 5.82 Å². The van der Waals surface area contributed by atoms with Crippen LogP contribution >= 0.6 is 23.5 Å². The minimum absolute atomic E-state index is 0.0402. The maximum absolute atomic E-state index is 10.7. The minimum atomic E-state index is -0.814. The first-order chi connectivity index (χ1) is 9.17. The first-order valence-corrected chi connectivity index (χ1v) is 8.83. The van der Waals surface area contributed by atoms with Gasteiger partial charge >= 0.3 is 5.97 Å². The van der Waals surface area contributed by atoms with Crippen LogP contribution in [0.4, 0.5) is 0 Å². The van der Waals surface area contributed by atoms with E-state index >= 15 is 0 Å². The Kier molecular flexibility index (Phi) is 5.15. The Hall–Kier alpha value is -0.690. The fraction of sp³-hybridized carbons (Fsp3) is 0.750. The van der Waals surface area contributed by atoms with E-state index in [9.17, 15) is 4.79 Å². The highest BCUT2D eigenvalue weighted by Crippen LogP contribution is 2.41. The fourth-order valence-corrected chi connectivity index (χ4v) is 3.55. The number of rotatable bonds is 8. The Morgan fingerprint density at radius 1 is 1.53 bits per heavy atom. The number of hydrogen-bond acceptors (Lipinski definition) is 5. The van der Waals surface area contributed by atoms with Crippen LogP contribution in [0.2, 0.25) is 0 Å². The lowest BCUT2D eigenvalue weighted by atomic mass is 10.2. The number of thioether (sulfide) groups is 2. The zero-order chi connectivity index (χ0) is 13.8. The highest BCUT2D eigenvalue weighted by Gasteiger charge is 2.32. The van der Waals surface area contributed by atoms with Crippen LogP contribution in [0.3, 0.4) is 0 Å². The number of carbonyl (C=O) groups is 1. The lowest BCUT2D eigenvalue weighted by Gasteiger charge is -2.19. The van der Waals surface area contributed by atoms with E-state index in [1.807, 2.05) is 0 Å². The van der Waals surface area contributed by atoms with Crippen molar-refractivity contribution in [1.82, 2.24) is 14.8 Å². The Bertz CT molecular complexity index is 446. The molecular weight excluding hydrogens is 282 g/mol. The summed E-state index contributed by atoms with van der Waals surface area (Å²) >= 11 is 3.08. The van der Waals surface area contributed by atoms with Gasteiger partial charge in [0.05, 0.1) is 5.75 Å². The van der Waals surface area contributed by atoms with Crippen molar-refractivity contribution < 1.29 is 9.90 Å². The SMILES string of the molecule is CCC(CSC)n1c(SCC(=O)O)nnc1C1CC1. The number of nitrogens with zero attached hydrogens (tertiary/aromatic N) is 3. The molecule has 1 fully saturated rings. The minimum Gasteiger partial charge on any atom is -0.481 e. The summed E-state index contributed by atoms with van der Waals surface area (Å²) in [5.41, 5.74) is 0. The molecule has 0 saturated heterocycles. The van der Waals surface area contributed by atoms with E-state index in [4.69, 9.17) is 5.11 Å². The third kappa shape index (κ3) is 3.66. The number of aromatic nitrogens is 3. The molecule has 0 spiro atoms. The van der Waals surface area contributed by atoms with E-state index in [2.05, 4.69) is 27.9 Å². The molecule has 1 aliphatic rings.